The summed E-state index contributed by atoms with van der Waals surface area (Å²) in [5.41, 5.74) is 0.953. The number of carbonyl (C=O) groups is 1. The van der Waals surface area contributed by atoms with Gasteiger partial charge in [-0.3, -0.25) is 4.79 Å². The predicted molar refractivity (Wildman–Crippen MR) is 126 cm³/mol. The van der Waals surface area contributed by atoms with E-state index in [0.717, 1.165) is 48.1 Å². The SMILES string of the molecule is Cc1cc(N2CCN(C(=O)Cc3ccc(S(=O)(=O)N4CCCC4)s3)CC2)nc(C(C)C)n1. The number of anilines is 1. The Bertz CT molecular complexity index is 1070. The van der Waals surface area contributed by atoms with E-state index in [1.54, 1.807) is 16.4 Å². The number of thiophene rings is 1. The zero-order chi connectivity index (χ0) is 22.9. The average molecular weight is 478 g/mol. The van der Waals surface area contributed by atoms with Gasteiger partial charge in [-0.2, -0.15) is 4.31 Å². The minimum absolute atomic E-state index is 0.0401. The lowest BCUT2D eigenvalue weighted by Gasteiger charge is -2.35. The summed E-state index contributed by atoms with van der Waals surface area (Å²) in [5, 5.41) is 0. The summed E-state index contributed by atoms with van der Waals surface area (Å²) in [6.45, 7) is 10.0. The van der Waals surface area contributed by atoms with Crippen LogP contribution in [0.2, 0.25) is 0 Å². The van der Waals surface area contributed by atoms with Crippen molar-refractivity contribution >= 4 is 33.1 Å². The molecule has 4 heterocycles. The second kappa shape index (κ2) is 9.44. The Morgan fingerprint density at radius 3 is 2.41 bits per heavy atom. The lowest BCUT2D eigenvalue weighted by molar-refractivity contribution is -0.130. The van der Waals surface area contributed by atoms with Crippen molar-refractivity contribution in [2.24, 2.45) is 0 Å². The van der Waals surface area contributed by atoms with E-state index in [2.05, 4.69) is 23.7 Å². The first-order chi connectivity index (χ1) is 15.2. The predicted octanol–water partition coefficient (Wildman–Crippen LogP) is 2.65. The highest BCUT2D eigenvalue weighted by Crippen LogP contribution is 2.28. The second-order valence-electron chi connectivity index (χ2n) is 8.76. The van der Waals surface area contributed by atoms with Crippen molar-refractivity contribution in [3.8, 4) is 0 Å². The molecule has 32 heavy (non-hydrogen) atoms. The maximum Gasteiger partial charge on any atom is 0.252 e. The van der Waals surface area contributed by atoms with Gasteiger partial charge in [0.25, 0.3) is 10.0 Å². The van der Waals surface area contributed by atoms with Crippen molar-refractivity contribution < 1.29 is 13.2 Å². The zero-order valence-electron chi connectivity index (χ0n) is 19.0. The lowest BCUT2D eigenvalue weighted by atomic mass is 10.2. The lowest BCUT2D eigenvalue weighted by Crippen LogP contribution is -2.49. The first-order valence-corrected chi connectivity index (χ1v) is 13.5. The van der Waals surface area contributed by atoms with Gasteiger partial charge in [-0.1, -0.05) is 13.8 Å². The highest BCUT2D eigenvalue weighted by atomic mass is 32.2. The van der Waals surface area contributed by atoms with Crippen LogP contribution in [0.25, 0.3) is 0 Å². The first-order valence-electron chi connectivity index (χ1n) is 11.2. The molecule has 10 heteroatoms. The van der Waals surface area contributed by atoms with E-state index in [-0.39, 0.29) is 18.2 Å². The standard InChI is InChI=1S/C22H31N5O3S2/c1-16(2)22-23-17(3)14-19(24-22)25-10-12-26(13-11-25)20(28)15-18-6-7-21(31-18)32(29,30)27-8-4-5-9-27/h6-7,14,16H,4-5,8-13,15H2,1-3H3. The van der Waals surface area contributed by atoms with Crippen LogP contribution in [0.15, 0.2) is 22.4 Å². The Hall–Kier alpha value is -2.04. The van der Waals surface area contributed by atoms with Crippen molar-refractivity contribution in [3.63, 3.8) is 0 Å². The van der Waals surface area contributed by atoms with E-state index in [4.69, 9.17) is 4.98 Å². The summed E-state index contributed by atoms with van der Waals surface area (Å²) < 4.78 is 27.3. The molecule has 0 N–H and O–H groups in total. The molecule has 0 bridgehead atoms. The summed E-state index contributed by atoms with van der Waals surface area (Å²) in [5.74, 6) is 2.07. The van der Waals surface area contributed by atoms with Crippen LogP contribution in [0.5, 0.6) is 0 Å². The van der Waals surface area contributed by atoms with Crippen molar-refractivity contribution in [3.05, 3.63) is 34.6 Å². The van der Waals surface area contributed by atoms with E-state index in [1.807, 2.05) is 17.9 Å². The Labute approximate surface area is 194 Å². The maximum absolute atomic E-state index is 12.9. The molecule has 2 saturated heterocycles. The van der Waals surface area contributed by atoms with Crippen LogP contribution in [0.3, 0.4) is 0 Å². The zero-order valence-corrected chi connectivity index (χ0v) is 20.6. The molecule has 1 amide bonds. The van der Waals surface area contributed by atoms with Crippen LogP contribution in [0, 0.1) is 6.92 Å². The monoisotopic (exact) mass is 477 g/mol. The summed E-state index contributed by atoms with van der Waals surface area (Å²) in [6.07, 6.45) is 2.06. The molecule has 0 atom stereocenters. The van der Waals surface area contributed by atoms with Gasteiger partial charge in [-0.05, 0) is 31.9 Å². The van der Waals surface area contributed by atoms with Crippen LogP contribution >= 0.6 is 11.3 Å². The number of hydrogen-bond donors (Lipinski definition) is 0. The van der Waals surface area contributed by atoms with Gasteiger partial charge in [0, 0.05) is 61.8 Å². The molecule has 0 aromatic carbocycles. The molecule has 4 rings (SSSR count). The minimum Gasteiger partial charge on any atom is -0.353 e. The molecule has 2 aliphatic heterocycles. The molecule has 174 valence electrons. The number of hydrogen-bond acceptors (Lipinski definition) is 7. The van der Waals surface area contributed by atoms with Gasteiger partial charge in [-0.25, -0.2) is 18.4 Å². The Balaban J connectivity index is 1.35. The van der Waals surface area contributed by atoms with Gasteiger partial charge in [0.1, 0.15) is 15.9 Å². The highest BCUT2D eigenvalue weighted by molar-refractivity contribution is 7.91. The van der Waals surface area contributed by atoms with E-state index < -0.39 is 10.0 Å². The number of sulfonamides is 1. The number of rotatable bonds is 6. The quantitative estimate of drug-likeness (QED) is 0.636. The number of piperazine rings is 1. The number of aryl methyl sites for hydroxylation is 1. The topological polar surface area (TPSA) is 86.7 Å². The fourth-order valence-electron chi connectivity index (χ4n) is 4.09. The molecular weight excluding hydrogens is 446 g/mol. The number of aromatic nitrogens is 2. The Kier molecular flexibility index (Phi) is 6.83. The first kappa shape index (κ1) is 23.1. The molecule has 0 spiro atoms. The Morgan fingerprint density at radius 2 is 1.75 bits per heavy atom. The summed E-state index contributed by atoms with van der Waals surface area (Å²) in [6, 6.07) is 5.42. The molecule has 2 aromatic rings. The van der Waals surface area contributed by atoms with Gasteiger partial charge >= 0.3 is 0 Å². The highest BCUT2D eigenvalue weighted by Gasteiger charge is 2.29. The summed E-state index contributed by atoms with van der Waals surface area (Å²) >= 11 is 1.22. The van der Waals surface area contributed by atoms with Crippen LogP contribution in [-0.2, 0) is 21.2 Å². The van der Waals surface area contributed by atoms with E-state index in [9.17, 15) is 13.2 Å². The molecule has 8 nitrogen and oxygen atoms in total. The molecule has 0 unspecified atom stereocenters. The maximum atomic E-state index is 12.9. The third-order valence-corrected chi connectivity index (χ3v) is 9.40. The molecule has 0 aliphatic carbocycles. The van der Waals surface area contributed by atoms with Crippen LogP contribution in [0.4, 0.5) is 5.82 Å². The van der Waals surface area contributed by atoms with Gasteiger partial charge in [-0.15, -0.1) is 11.3 Å². The molecule has 2 aliphatic rings. The number of carbonyl (C=O) groups excluding carboxylic acids is 1. The van der Waals surface area contributed by atoms with Crippen LogP contribution in [-0.4, -0.2) is 72.8 Å². The van der Waals surface area contributed by atoms with Crippen molar-refractivity contribution in [1.82, 2.24) is 19.2 Å². The molecule has 0 saturated carbocycles. The fraction of sp³-hybridized carbons (Fsp3) is 0.591. The minimum atomic E-state index is -3.42. The average Bonchev–Trinajstić information content (AvgIpc) is 3.46. The number of amides is 1. The van der Waals surface area contributed by atoms with Gasteiger partial charge < -0.3 is 9.80 Å². The van der Waals surface area contributed by atoms with E-state index >= 15 is 0 Å². The largest absolute Gasteiger partial charge is 0.353 e. The van der Waals surface area contributed by atoms with Crippen molar-refractivity contribution in [2.75, 3.05) is 44.2 Å². The third-order valence-electron chi connectivity index (χ3n) is 5.95. The van der Waals surface area contributed by atoms with Crippen molar-refractivity contribution in [2.45, 2.75) is 50.2 Å². The fourth-order valence-corrected chi connectivity index (χ4v) is 7.11. The smallest absolute Gasteiger partial charge is 0.252 e. The van der Waals surface area contributed by atoms with Gasteiger partial charge in [0.2, 0.25) is 5.91 Å². The van der Waals surface area contributed by atoms with Crippen LogP contribution < -0.4 is 4.90 Å². The van der Waals surface area contributed by atoms with Crippen molar-refractivity contribution in [1.29, 1.82) is 0 Å². The number of nitrogens with zero attached hydrogens (tertiary/aromatic N) is 5. The van der Waals surface area contributed by atoms with Gasteiger partial charge in [0.15, 0.2) is 0 Å². The molecule has 0 radical (unpaired) electrons. The third kappa shape index (κ3) is 4.97. The molecule has 2 aromatic heterocycles. The molecular formula is C22H31N5O3S2. The molecule has 2 fully saturated rings. The van der Waals surface area contributed by atoms with Gasteiger partial charge in [0.05, 0.1) is 6.42 Å². The van der Waals surface area contributed by atoms with E-state index in [1.165, 1.54) is 11.3 Å². The Morgan fingerprint density at radius 1 is 1.06 bits per heavy atom. The summed E-state index contributed by atoms with van der Waals surface area (Å²) in [7, 11) is -3.42. The summed E-state index contributed by atoms with van der Waals surface area (Å²) in [4.78, 5) is 26.9. The van der Waals surface area contributed by atoms with E-state index in [0.29, 0.717) is 30.4 Å². The van der Waals surface area contributed by atoms with Crippen LogP contribution in [0.1, 0.15) is 49.0 Å². The second-order valence-corrected chi connectivity index (χ2v) is 12.1. The normalized spacial score (nSPS) is 18.0.